The molecule has 109 heavy (non-hydrogen) atoms. The zero-order valence-electron chi connectivity index (χ0n) is 57.9. The first-order chi connectivity index (χ1) is 52.4. The van der Waals surface area contributed by atoms with Crippen LogP contribution in [0.2, 0.25) is 0 Å². The molecule has 0 saturated heterocycles. The molecular formula is C79H66F3N15O12. The molecule has 0 spiro atoms. The third-order valence-corrected chi connectivity index (χ3v) is 14.9. The third-order valence-electron chi connectivity index (χ3n) is 14.9. The van der Waals surface area contributed by atoms with Crippen LogP contribution in [-0.4, -0.2) is 82.1 Å². The van der Waals surface area contributed by atoms with Crippen LogP contribution in [-0.2, 0) is 26.4 Å². The van der Waals surface area contributed by atoms with Crippen LogP contribution >= 0.6 is 0 Å². The molecule has 5 aromatic carbocycles. The highest BCUT2D eigenvalue weighted by Crippen LogP contribution is 2.23. The van der Waals surface area contributed by atoms with E-state index in [1.54, 1.807) is 91.9 Å². The predicted molar refractivity (Wildman–Crippen MR) is 394 cm³/mol. The number of nitrogens with zero attached hydrogens (tertiary/aromatic N) is 7. The van der Waals surface area contributed by atoms with E-state index in [1.165, 1.54) is 98.4 Å². The zero-order valence-corrected chi connectivity index (χ0v) is 57.9. The molecule has 8 amide bonds. The van der Waals surface area contributed by atoms with E-state index in [1.807, 2.05) is 43.3 Å². The van der Waals surface area contributed by atoms with E-state index < -0.39 is 58.9 Å². The van der Waals surface area contributed by atoms with Gasteiger partial charge in [0.15, 0.2) is 0 Å². The van der Waals surface area contributed by atoms with Crippen LogP contribution in [0.15, 0.2) is 244 Å². The maximum Gasteiger partial charge on any atom is 0.257 e. The number of nitrogens with two attached hydrogens (primary N) is 4. The van der Waals surface area contributed by atoms with Crippen LogP contribution < -0.4 is 63.1 Å². The summed E-state index contributed by atoms with van der Waals surface area (Å²) < 4.78 is 62.1. The normalized spacial score (nSPS) is 10.3. The number of primary amides is 4. The van der Waals surface area contributed by atoms with Gasteiger partial charge in [-0.1, -0.05) is 54.6 Å². The van der Waals surface area contributed by atoms with Gasteiger partial charge in [0, 0.05) is 77.4 Å². The summed E-state index contributed by atoms with van der Waals surface area (Å²) >= 11 is 0. The van der Waals surface area contributed by atoms with Gasteiger partial charge in [0.1, 0.15) is 61.1 Å². The van der Waals surface area contributed by atoms with Crippen LogP contribution in [0, 0.1) is 31.4 Å². The highest BCUT2D eigenvalue weighted by Gasteiger charge is 2.15. The fourth-order valence-corrected chi connectivity index (χ4v) is 9.35. The number of carbonyl (C=O) groups is 8. The summed E-state index contributed by atoms with van der Waals surface area (Å²) in [5.41, 5.74) is 29.8. The second-order valence-corrected chi connectivity index (χ2v) is 23.3. The number of pyridine rings is 7. The summed E-state index contributed by atoms with van der Waals surface area (Å²) in [6, 6.07) is 45.8. The van der Waals surface area contributed by atoms with Crippen molar-refractivity contribution in [3.8, 4) is 23.0 Å². The minimum absolute atomic E-state index is 0.117. The highest BCUT2D eigenvalue weighted by atomic mass is 19.1. The van der Waals surface area contributed by atoms with Gasteiger partial charge in [-0.3, -0.25) is 68.3 Å². The molecule has 0 unspecified atom stereocenters. The second kappa shape index (κ2) is 38.4. The number of halogens is 3. The molecule has 7 heterocycles. The van der Waals surface area contributed by atoms with Gasteiger partial charge in [0.05, 0.1) is 69.9 Å². The number of rotatable bonds is 24. The van der Waals surface area contributed by atoms with Gasteiger partial charge < -0.3 is 63.1 Å². The van der Waals surface area contributed by atoms with Crippen LogP contribution in [0.5, 0.6) is 23.0 Å². The first kappa shape index (κ1) is 78.0. The minimum atomic E-state index is -0.652. The lowest BCUT2D eigenvalue weighted by Gasteiger charge is -2.10. The number of benzene rings is 5. The monoisotopic (exact) mass is 1470 g/mol. The van der Waals surface area contributed by atoms with Gasteiger partial charge >= 0.3 is 0 Å². The molecule has 0 aliphatic rings. The Labute approximate surface area is 620 Å². The molecule has 550 valence electrons. The van der Waals surface area contributed by atoms with E-state index in [-0.39, 0.29) is 71.3 Å². The quantitative estimate of drug-likeness (QED) is 0.0260. The first-order valence-electron chi connectivity index (χ1n) is 32.5. The Balaban J connectivity index is 0.000000167. The average molecular weight is 1470 g/mol. The van der Waals surface area contributed by atoms with E-state index in [2.05, 4.69) is 56.2 Å². The highest BCUT2D eigenvalue weighted by molar-refractivity contribution is 6.06. The lowest BCUT2D eigenvalue weighted by atomic mass is 10.1. The van der Waals surface area contributed by atoms with Crippen LogP contribution in [0.4, 0.5) is 35.9 Å². The van der Waals surface area contributed by atoms with Crippen molar-refractivity contribution in [1.29, 1.82) is 0 Å². The summed E-state index contributed by atoms with van der Waals surface area (Å²) in [6.07, 6.45) is 16.4. The predicted octanol–water partition coefficient (Wildman–Crippen LogP) is 11.3. The van der Waals surface area contributed by atoms with Crippen molar-refractivity contribution in [1.82, 2.24) is 34.9 Å². The molecule has 7 aromatic heterocycles. The molecule has 12 N–H and O–H groups in total. The van der Waals surface area contributed by atoms with E-state index in [4.69, 9.17) is 41.9 Å². The Bertz CT molecular complexity index is 5120. The molecule has 0 saturated carbocycles. The molecule has 0 fully saturated rings. The Kier molecular flexibility index (Phi) is 27.5. The Morgan fingerprint density at radius 1 is 0.321 bits per heavy atom. The lowest BCUT2D eigenvalue weighted by molar-refractivity contribution is 0.0991. The maximum absolute atomic E-state index is 13.7. The lowest BCUT2D eigenvalue weighted by Crippen LogP contribution is -2.13. The Morgan fingerprint density at radius 2 is 0.642 bits per heavy atom. The molecule has 0 bridgehead atoms. The number of aromatic nitrogens is 7. The van der Waals surface area contributed by atoms with Gasteiger partial charge in [-0.05, 0) is 157 Å². The van der Waals surface area contributed by atoms with Crippen molar-refractivity contribution in [3.63, 3.8) is 0 Å². The number of ether oxygens (including phenoxy) is 4. The van der Waals surface area contributed by atoms with Crippen molar-refractivity contribution < 1.29 is 70.5 Å². The second-order valence-electron chi connectivity index (χ2n) is 23.3. The number of hydrogen-bond donors (Lipinski definition) is 8. The Morgan fingerprint density at radius 3 is 0.963 bits per heavy atom. The van der Waals surface area contributed by atoms with E-state index in [9.17, 15) is 51.5 Å². The summed E-state index contributed by atoms with van der Waals surface area (Å²) in [5.74, 6) is -3.89. The van der Waals surface area contributed by atoms with Gasteiger partial charge in [0.2, 0.25) is 29.6 Å². The van der Waals surface area contributed by atoms with Crippen molar-refractivity contribution in [2.45, 2.75) is 40.3 Å². The van der Waals surface area contributed by atoms with Gasteiger partial charge in [-0.15, -0.1) is 0 Å². The average Bonchev–Trinajstić information content (AvgIpc) is 0.862. The van der Waals surface area contributed by atoms with Crippen LogP contribution in [0.25, 0.3) is 0 Å². The molecule has 12 rings (SSSR count). The minimum Gasteiger partial charge on any atom is -0.487 e. The largest absolute Gasteiger partial charge is 0.487 e. The van der Waals surface area contributed by atoms with Gasteiger partial charge in [0.25, 0.3) is 23.6 Å². The van der Waals surface area contributed by atoms with Crippen LogP contribution in [0.1, 0.15) is 116 Å². The number of anilines is 4. The molecular weight excluding hydrogens is 1410 g/mol. The number of amides is 8. The molecule has 12 aromatic rings. The molecule has 30 heteroatoms. The number of nitrogens with one attached hydrogen (secondary N) is 4. The van der Waals surface area contributed by atoms with Crippen molar-refractivity contribution in [3.05, 3.63) is 340 Å². The molecule has 0 atom stereocenters. The van der Waals surface area contributed by atoms with Crippen molar-refractivity contribution >= 4 is 70.0 Å². The SMILES string of the molecule is Cc1ccc(C(=O)Nc2cccc(COc3cncc(C(N)=O)c3)c2)cc1F.Cc1ccc(C(=O)Nc2cccc(COc3cncc(C(N)=O)c3)c2)cn1.NC(=O)c1cncc(OCc2cccc(NC(=O)c3ccc(F)nc3)c2)c1.NC(=O)c1cncc(OCc2cccc(NC(=O)c3cncc(F)c3)c2)c1. The van der Waals surface area contributed by atoms with Crippen LogP contribution in [0.3, 0.4) is 0 Å². The summed E-state index contributed by atoms with van der Waals surface area (Å²) in [6.45, 7) is 4.34. The number of hydrogen-bond acceptors (Lipinski definition) is 19. The van der Waals surface area contributed by atoms with Crippen molar-refractivity contribution in [2.75, 3.05) is 21.3 Å². The van der Waals surface area contributed by atoms with Gasteiger partial charge in [-0.2, -0.15) is 4.39 Å². The van der Waals surface area contributed by atoms with Crippen molar-refractivity contribution in [2.24, 2.45) is 22.9 Å². The molecule has 0 aliphatic heterocycles. The molecule has 0 aliphatic carbocycles. The summed E-state index contributed by atoms with van der Waals surface area (Å²) in [4.78, 5) is 120. The Hall–Kier alpha value is -15.1. The maximum atomic E-state index is 13.7. The smallest absolute Gasteiger partial charge is 0.257 e. The zero-order chi connectivity index (χ0) is 77.8. The van der Waals surface area contributed by atoms with Gasteiger partial charge in [-0.25, -0.2) is 13.8 Å². The molecule has 27 nitrogen and oxygen atoms in total. The fraction of sp³-hybridized carbons (Fsp3) is 0.0759. The van der Waals surface area contributed by atoms with E-state index >= 15 is 0 Å². The topological polar surface area (TPSA) is 416 Å². The summed E-state index contributed by atoms with van der Waals surface area (Å²) in [7, 11) is 0. The van der Waals surface area contributed by atoms with E-state index in [0.717, 1.165) is 52.5 Å². The molecule has 0 radical (unpaired) electrons. The fourth-order valence-electron chi connectivity index (χ4n) is 9.35. The third kappa shape index (κ3) is 24.8. The number of carbonyl (C=O) groups excluding carboxylic acids is 8. The standard InChI is InChI=1S/C21H18FN3O3.C20H18N4O3.2C19H15FN4O3/c1-13-5-6-15(9-19(13)22)21(27)25-17-4-2-3-14(7-17)12-28-18-8-16(20(23)26)10-24-11-18;1-13-5-6-15(10-23-13)20(26)24-17-4-2-3-14(7-17)12-27-18-8-16(19(21)25)9-22-11-18;20-15-5-14(8-22-9-15)19(26)24-16-3-1-2-12(4-16)11-27-17-6-13(18(21)25)7-23-10-17;20-17-5-4-13(9-23-17)19(26)24-15-3-1-2-12(6-15)11-27-16-7-14(18(21)25)8-22-10-16/h2-11H,12H2,1H3,(H2,23,26)(H,25,27);2-11H,12H2,1H3,(H2,21,25)(H,24,26);2*1-10H,11H2,(H2,21,25)(H,24,26). The summed E-state index contributed by atoms with van der Waals surface area (Å²) in [5, 5.41) is 10.9. The first-order valence-corrected chi connectivity index (χ1v) is 32.5. The number of aryl methyl sites for hydroxylation is 2. The van der Waals surface area contributed by atoms with E-state index in [0.29, 0.717) is 56.9 Å².